The molecule has 0 bridgehead atoms. The number of halogens is 2. The van der Waals surface area contributed by atoms with Gasteiger partial charge in [0, 0.05) is 81.5 Å². The van der Waals surface area contributed by atoms with E-state index in [9.17, 15) is 47.4 Å². The molecule has 2 fully saturated rings. The Bertz CT molecular complexity index is 2540. The van der Waals surface area contributed by atoms with Crippen molar-refractivity contribution in [3.63, 3.8) is 0 Å². The first kappa shape index (κ1) is 51.1. The first-order valence-corrected chi connectivity index (χ1v) is 21.7. The molecule has 3 aromatic carbocycles. The molecule has 3 aliphatic rings. The minimum absolute atomic E-state index is 0. The van der Waals surface area contributed by atoms with Gasteiger partial charge in [-0.3, -0.25) is 43.8 Å². The lowest BCUT2D eigenvalue weighted by Gasteiger charge is -2.27. The normalized spacial score (nSPS) is 18.0. The van der Waals surface area contributed by atoms with Crippen molar-refractivity contribution in [1.82, 2.24) is 25.4 Å². The van der Waals surface area contributed by atoms with Crippen LogP contribution in [0.2, 0.25) is 0 Å². The number of nitrogens with zero attached hydrogens (tertiary/aromatic N) is 4. The number of H-pyrrole nitrogens is 1. The molecular formula is C46H53F2N7O12S. The summed E-state index contributed by atoms with van der Waals surface area (Å²) >= 11 is 0. The van der Waals surface area contributed by atoms with Crippen LogP contribution in [-0.4, -0.2) is 159 Å². The number of ether oxygens (including phenoxy) is 4. The van der Waals surface area contributed by atoms with E-state index < -0.39 is 58.7 Å². The summed E-state index contributed by atoms with van der Waals surface area (Å²) in [6, 6.07) is 13.3. The Hall–Kier alpha value is -6.30. The number of hydrogen-bond donors (Lipinski definition) is 4. The van der Waals surface area contributed by atoms with Crippen molar-refractivity contribution in [3.05, 3.63) is 94.7 Å². The molecule has 0 aliphatic carbocycles. The zero-order valence-electron chi connectivity index (χ0n) is 37.4. The van der Waals surface area contributed by atoms with Gasteiger partial charge in [0.2, 0.25) is 17.4 Å². The second kappa shape index (κ2) is 22.7. The van der Waals surface area contributed by atoms with Gasteiger partial charge in [-0.25, -0.2) is 8.78 Å². The molecule has 68 heavy (non-hydrogen) atoms. The van der Waals surface area contributed by atoms with E-state index in [1.54, 1.807) is 49.5 Å². The first-order valence-electron chi connectivity index (χ1n) is 21.7. The van der Waals surface area contributed by atoms with Crippen LogP contribution in [0, 0.1) is 11.6 Å². The molecule has 1 aromatic heterocycles. The van der Waals surface area contributed by atoms with Gasteiger partial charge in [0.05, 0.1) is 64.0 Å². The minimum Gasteiger partial charge on any atom is -0.377 e. The number of fused-ring (bicyclic) bond motifs is 2. The molecule has 2 saturated heterocycles. The number of aliphatic hydroxyl groups is 1. The van der Waals surface area contributed by atoms with Crippen molar-refractivity contribution in [1.29, 1.82) is 0 Å². The maximum absolute atomic E-state index is 13.6. The first-order chi connectivity index (χ1) is 32.1. The summed E-state index contributed by atoms with van der Waals surface area (Å²) in [5.41, 5.74) is 0.226. The molecule has 4 aromatic rings. The van der Waals surface area contributed by atoms with Crippen LogP contribution >= 0.6 is 13.5 Å². The topological polar surface area (TPSA) is 229 Å². The Morgan fingerprint density at radius 2 is 1.44 bits per heavy atom. The molecule has 7 rings (SSSR count). The van der Waals surface area contributed by atoms with Crippen molar-refractivity contribution in [2.45, 2.75) is 37.5 Å². The molecular weight excluding hydrogens is 913 g/mol. The van der Waals surface area contributed by atoms with Gasteiger partial charge in [-0.1, -0.05) is 0 Å². The lowest BCUT2D eigenvalue weighted by Crippen LogP contribution is -2.54. The fourth-order valence-electron chi connectivity index (χ4n) is 7.90. The number of carbonyl (C=O) groups excluding carboxylic acids is 7. The number of aromatic nitrogens is 1. The zero-order valence-corrected chi connectivity index (χ0v) is 38.4. The third kappa shape index (κ3) is 11.7. The van der Waals surface area contributed by atoms with Crippen LogP contribution in [0.25, 0.3) is 10.9 Å². The highest BCUT2D eigenvalue weighted by Gasteiger charge is 2.52. The van der Waals surface area contributed by atoms with Gasteiger partial charge >= 0.3 is 0 Å². The quantitative estimate of drug-likeness (QED) is 0.0503. The molecule has 0 radical (unpaired) electrons. The van der Waals surface area contributed by atoms with E-state index in [0.717, 1.165) is 17.0 Å². The van der Waals surface area contributed by atoms with Gasteiger partial charge in [-0.2, -0.15) is 13.5 Å². The van der Waals surface area contributed by atoms with Gasteiger partial charge < -0.3 is 49.1 Å². The monoisotopic (exact) mass is 965 g/mol. The summed E-state index contributed by atoms with van der Waals surface area (Å²) in [6.07, 6.45) is -0.0613. The second-order valence-corrected chi connectivity index (χ2v) is 16.3. The average Bonchev–Trinajstić information content (AvgIpc) is 3.95. The molecule has 19 nitrogen and oxygen atoms in total. The molecule has 2 atom stereocenters. The van der Waals surface area contributed by atoms with E-state index in [1.807, 2.05) is 11.9 Å². The highest BCUT2D eigenvalue weighted by Crippen LogP contribution is 2.32. The number of carbonyl (C=O) groups is 7. The van der Waals surface area contributed by atoms with Gasteiger partial charge in [0.1, 0.15) is 23.4 Å². The minimum atomic E-state index is -2.37. The van der Waals surface area contributed by atoms with E-state index in [1.165, 1.54) is 9.80 Å². The molecule has 4 heterocycles. The van der Waals surface area contributed by atoms with E-state index in [2.05, 4.69) is 15.6 Å². The smallest absolute Gasteiger partial charge is 0.270 e. The number of piperidine rings is 1. The number of rotatable bonds is 22. The maximum atomic E-state index is 13.6. The van der Waals surface area contributed by atoms with Crippen molar-refractivity contribution in [2.75, 3.05) is 96.4 Å². The average molecular weight is 966 g/mol. The molecule has 4 N–H and O–H groups in total. The summed E-state index contributed by atoms with van der Waals surface area (Å²) < 4.78 is 49.6. The van der Waals surface area contributed by atoms with Crippen LogP contribution < -0.4 is 20.4 Å². The molecule has 0 spiro atoms. The number of aromatic amines is 1. The second-order valence-electron chi connectivity index (χ2n) is 16.3. The summed E-state index contributed by atoms with van der Waals surface area (Å²) in [7, 11) is 3.47. The molecule has 1 unspecified atom stereocenters. The fraction of sp³-hybridized carbons (Fsp3) is 0.413. The standard InChI is InChI=1S/C46H51F2N7O12.H2S/c1-52(32-3-5-34-35(26-32)42(59)55(41(34)58)38-7-8-39(56)51-40(38)57)11-13-64-15-17-66-19-20-67-18-16-65-14-12-53(2)43(60)37-24-29-23-33(4-6-36(29)50-37)54-10-9-46(63,45(54)62)44(61)49-27-28-21-30(47)25-31(48)22-28;/h3-6,21-26,38,50,63H,7-20,27H2,1-2H3,(H,49,61)(H,51,56,57);1H2/t38?,46-;/m0./s1. The maximum Gasteiger partial charge on any atom is 0.270 e. The molecule has 364 valence electrons. The Labute approximate surface area is 396 Å². The van der Waals surface area contributed by atoms with E-state index >= 15 is 0 Å². The van der Waals surface area contributed by atoms with Gasteiger partial charge in [-0.15, -0.1) is 0 Å². The highest BCUT2D eigenvalue weighted by atomic mass is 32.1. The summed E-state index contributed by atoms with van der Waals surface area (Å²) in [6.45, 7) is 3.19. The van der Waals surface area contributed by atoms with E-state index in [0.29, 0.717) is 93.4 Å². The van der Waals surface area contributed by atoms with Crippen LogP contribution in [0.15, 0.2) is 60.7 Å². The van der Waals surface area contributed by atoms with Crippen LogP contribution in [0.3, 0.4) is 0 Å². The lowest BCUT2D eigenvalue weighted by molar-refractivity contribution is -0.149. The number of amides is 7. The van der Waals surface area contributed by atoms with Crippen LogP contribution in [0.1, 0.15) is 56.0 Å². The van der Waals surface area contributed by atoms with Crippen molar-refractivity contribution in [2.24, 2.45) is 0 Å². The molecule has 0 saturated carbocycles. The largest absolute Gasteiger partial charge is 0.377 e. The highest BCUT2D eigenvalue weighted by molar-refractivity contribution is 7.59. The Kier molecular flexibility index (Phi) is 17.0. The number of likely N-dealkylation sites (N-methyl/N-ethyl adjacent to an activating group) is 2. The summed E-state index contributed by atoms with van der Waals surface area (Å²) in [4.78, 5) is 98.0. The number of nitrogens with one attached hydrogen (secondary N) is 3. The predicted octanol–water partition coefficient (Wildman–Crippen LogP) is 2.02. The lowest BCUT2D eigenvalue weighted by atomic mass is 10.0. The third-order valence-corrected chi connectivity index (χ3v) is 11.7. The SMILES string of the molecule is CN(CCOCCOCCOCCOCCN(C)c1ccc2c(c1)C(=O)N(C1CCC(=O)NC1=O)C2=O)C(=O)c1cc2cc(N3CC[C@](O)(C(=O)NCc4cc(F)cc(F)c4)C3=O)ccc2[nH]1.S. The summed E-state index contributed by atoms with van der Waals surface area (Å²) in [5.74, 6) is -5.97. The van der Waals surface area contributed by atoms with Gasteiger partial charge in [-0.05, 0) is 66.6 Å². The van der Waals surface area contributed by atoms with Crippen LogP contribution in [0.4, 0.5) is 20.2 Å². The van der Waals surface area contributed by atoms with Crippen molar-refractivity contribution in [3.8, 4) is 0 Å². The van der Waals surface area contributed by atoms with Gasteiger partial charge in [0.25, 0.3) is 29.5 Å². The Balaban J connectivity index is 0.00000761. The van der Waals surface area contributed by atoms with Crippen LogP contribution in [-0.2, 0) is 44.7 Å². The molecule has 3 aliphatic heterocycles. The van der Waals surface area contributed by atoms with Gasteiger partial charge in [0.15, 0.2) is 0 Å². The number of anilines is 2. The number of imide groups is 2. The van der Waals surface area contributed by atoms with E-state index in [4.69, 9.17) is 18.9 Å². The Morgan fingerprint density at radius 1 is 0.809 bits per heavy atom. The van der Waals surface area contributed by atoms with E-state index in [-0.39, 0.29) is 75.1 Å². The Morgan fingerprint density at radius 3 is 2.10 bits per heavy atom. The van der Waals surface area contributed by atoms with Crippen molar-refractivity contribution >= 4 is 77.1 Å². The molecule has 22 heteroatoms. The number of hydrogen-bond acceptors (Lipinski definition) is 13. The third-order valence-electron chi connectivity index (χ3n) is 11.7. The summed E-state index contributed by atoms with van der Waals surface area (Å²) in [5, 5.41) is 16.2. The number of benzene rings is 3. The molecule has 7 amide bonds. The van der Waals surface area contributed by atoms with Crippen molar-refractivity contribution < 1.29 is 66.4 Å². The fourth-order valence-corrected chi connectivity index (χ4v) is 7.90. The predicted molar refractivity (Wildman–Crippen MR) is 245 cm³/mol. The zero-order chi connectivity index (χ0) is 47.8. The van der Waals surface area contributed by atoms with Crippen LogP contribution in [0.5, 0.6) is 0 Å².